The predicted octanol–water partition coefficient (Wildman–Crippen LogP) is 1.62. The second kappa shape index (κ2) is 7.31. The highest BCUT2D eigenvalue weighted by molar-refractivity contribution is 4.80. The van der Waals surface area contributed by atoms with E-state index in [-0.39, 0.29) is 25.5 Å². The van der Waals surface area contributed by atoms with Crippen molar-refractivity contribution >= 4 is 0 Å². The van der Waals surface area contributed by atoms with Crippen molar-refractivity contribution in [1.82, 2.24) is 10.2 Å². The molecule has 0 aromatic carbocycles. The van der Waals surface area contributed by atoms with Gasteiger partial charge in [-0.25, -0.2) is 0 Å². The van der Waals surface area contributed by atoms with Gasteiger partial charge in [0.25, 0.3) is 0 Å². The minimum Gasteiger partial charge on any atom is -0.396 e. The maximum atomic E-state index is 12.5. The molecular weight excluding hydrogens is 245 g/mol. The Morgan fingerprint density at radius 3 is 2.39 bits per heavy atom. The van der Waals surface area contributed by atoms with Gasteiger partial charge in [-0.2, -0.15) is 13.2 Å². The molecule has 1 aliphatic rings. The minimum atomic E-state index is -4.04. The van der Waals surface area contributed by atoms with E-state index in [0.717, 1.165) is 13.1 Å². The van der Waals surface area contributed by atoms with Crippen molar-refractivity contribution in [2.45, 2.75) is 38.4 Å². The molecule has 6 heteroatoms. The second-order valence-electron chi connectivity index (χ2n) is 4.88. The average molecular weight is 268 g/mol. The average Bonchev–Trinajstić information content (AvgIpc) is 2.29. The molecule has 18 heavy (non-hydrogen) atoms. The zero-order valence-corrected chi connectivity index (χ0v) is 10.8. The standard InChI is InChI=1S/C12H23F3N2O/c1-2-16-11(5-8-18)9-17-6-3-10(4-7-17)12(13,14)15/h10-11,16,18H,2-9H2,1H3. The van der Waals surface area contributed by atoms with Crippen LogP contribution in [0.15, 0.2) is 0 Å². The molecule has 108 valence electrons. The van der Waals surface area contributed by atoms with Gasteiger partial charge in [-0.3, -0.25) is 0 Å². The van der Waals surface area contributed by atoms with Crippen LogP contribution >= 0.6 is 0 Å². The number of hydrogen-bond donors (Lipinski definition) is 2. The Morgan fingerprint density at radius 1 is 1.33 bits per heavy atom. The van der Waals surface area contributed by atoms with Crippen molar-refractivity contribution in [3.8, 4) is 0 Å². The van der Waals surface area contributed by atoms with Crippen molar-refractivity contribution in [1.29, 1.82) is 0 Å². The normalized spacial score (nSPS) is 21.2. The quantitative estimate of drug-likeness (QED) is 0.768. The number of likely N-dealkylation sites (tertiary alicyclic amines) is 1. The topological polar surface area (TPSA) is 35.5 Å². The molecule has 0 spiro atoms. The zero-order valence-electron chi connectivity index (χ0n) is 10.8. The van der Waals surface area contributed by atoms with Crippen molar-refractivity contribution in [2.24, 2.45) is 5.92 Å². The van der Waals surface area contributed by atoms with Crippen LogP contribution in [0.5, 0.6) is 0 Å². The van der Waals surface area contributed by atoms with Gasteiger partial charge in [-0.05, 0) is 38.9 Å². The molecule has 0 radical (unpaired) electrons. The van der Waals surface area contributed by atoms with Crippen molar-refractivity contribution in [3.63, 3.8) is 0 Å². The summed E-state index contributed by atoms with van der Waals surface area (Å²) in [5.74, 6) is -1.14. The molecule has 3 nitrogen and oxygen atoms in total. The number of aliphatic hydroxyl groups excluding tert-OH is 1. The van der Waals surface area contributed by atoms with Crippen LogP contribution in [0.4, 0.5) is 13.2 Å². The Kier molecular flexibility index (Phi) is 6.38. The third kappa shape index (κ3) is 5.12. The first kappa shape index (κ1) is 15.7. The third-order valence-electron chi connectivity index (χ3n) is 3.50. The Bertz CT molecular complexity index is 222. The molecule has 0 aromatic heterocycles. The molecule has 0 saturated carbocycles. The molecule has 1 unspecified atom stereocenters. The maximum absolute atomic E-state index is 12.5. The molecule has 1 aliphatic heterocycles. The molecule has 2 N–H and O–H groups in total. The summed E-state index contributed by atoms with van der Waals surface area (Å²) in [6.45, 7) is 4.62. The van der Waals surface area contributed by atoms with Crippen LogP contribution in [0, 0.1) is 5.92 Å². The highest BCUT2D eigenvalue weighted by Crippen LogP contribution is 2.34. The molecule has 0 amide bonds. The molecule has 0 aliphatic carbocycles. The number of hydrogen-bond acceptors (Lipinski definition) is 3. The fourth-order valence-electron chi connectivity index (χ4n) is 2.46. The predicted molar refractivity (Wildman–Crippen MR) is 64.4 cm³/mol. The van der Waals surface area contributed by atoms with Gasteiger partial charge >= 0.3 is 6.18 Å². The lowest BCUT2D eigenvalue weighted by atomic mass is 9.96. The van der Waals surface area contributed by atoms with Crippen LogP contribution < -0.4 is 5.32 Å². The monoisotopic (exact) mass is 268 g/mol. The summed E-state index contributed by atoms with van der Waals surface area (Å²) < 4.78 is 37.5. The number of nitrogens with one attached hydrogen (secondary N) is 1. The smallest absolute Gasteiger partial charge is 0.391 e. The fraction of sp³-hybridized carbons (Fsp3) is 1.00. The Morgan fingerprint density at radius 2 is 1.94 bits per heavy atom. The SMILES string of the molecule is CCNC(CCO)CN1CCC(C(F)(F)F)CC1. The summed E-state index contributed by atoms with van der Waals surface area (Å²) in [5.41, 5.74) is 0. The van der Waals surface area contributed by atoms with E-state index in [0.29, 0.717) is 19.5 Å². The number of piperidine rings is 1. The molecule has 1 saturated heterocycles. The Labute approximate surface area is 106 Å². The molecular formula is C12H23F3N2O. The second-order valence-corrected chi connectivity index (χ2v) is 4.88. The van der Waals surface area contributed by atoms with E-state index in [1.165, 1.54) is 0 Å². The first-order valence-electron chi connectivity index (χ1n) is 6.60. The summed E-state index contributed by atoms with van der Waals surface area (Å²) in [4.78, 5) is 2.06. The van der Waals surface area contributed by atoms with E-state index in [1.54, 1.807) is 0 Å². The van der Waals surface area contributed by atoms with E-state index >= 15 is 0 Å². The van der Waals surface area contributed by atoms with E-state index in [9.17, 15) is 13.2 Å². The fourth-order valence-corrected chi connectivity index (χ4v) is 2.46. The largest absolute Gasteiger partial charge is 0.396 e. The van der Waals surface area contributed by atoms with Gasteiger partial charge < -0.3 is 15.3 Å². The van der Waals surface area contributed by atoms with Crippen molar-refractivity contribution in [2.75, 3.05) is 32.8 Å². The van der Waals surface area contributed by atoms with Gasteiger partial charge in [0.1, 0.15) is 0 Å². The van der Waals surface area contributed by atoms with Crippen LogP contribution in [0.1, 0.15) is 26.2 Å². The van der Waals surface area contributed by atoms with Crippen LogP contribution in [0.2, 0.25) is 0 Å². The number of halogens is 3. The van der Waals surface area contributed by atoms with Crippen molar-refractivity contribution < 1.29 is 18.3 Å². The molecule has 1 atom stereocenters. The Hall–Kier alpha value is -0.330. The van der Waals surface area contributed by atoms with E-state index in [4.69, 9.17) is 5.11 Å². The molecule has 0 aromatic rings. The summed E-state index contributed by atoms with van der Waals surface area (Å²) in [7, 11) is 0. The van der Waals surface area contributed by atoms with Gasteiger partial charge in [-0.1, -0.05) is 6.92 Å². The van der Waals surface area contributed by atoms with Crippen LogP contribution in [0.25, 0.3) is 0 Å². The lowest BCUT2D eigenvalue weighted by Gasteiger charge is -2.35. The van der Waals surface area contributed by atoms with E-state index in [2.05, 4.69) is 10.2 Å². The number of alkyl halides is 3. The summed E-state index contributed by atoms with van der Waals surface area (Å²) in [5, 5.41) is 12.2. The molecule has 0 bridgehead atoms. The zero-order chi connectivity index (χ0) is 13.6. The summed E-state index contributed by atoms with van der Waals surface area (Å²) in [6, 6.07) is 0.169. The molecule has 1 fully saturated rings. The van der Waals surface area contributed by atoms with Gasteiger partial charge in [0.15, 0.2) is 0 Å². The number of nitrogens with zero attached hydrogens (tertiary/aromatic N) is 1. The minimum absolute atomic E-state index is 0.108. The number of aliphatic hydroxyl groups is 1. The lowest BCUT2D eigenvalue weighted by molar-refractivity contribution is -0.185. The highest BCUT2D eigenvalue weighted by Gasteiger charge is 2.41. The number of rotatable bonds is 6. The molecule has 1 heterocycles. The number of likely N-dealkylation sites (N-methyl/N-ethyl adjacent to an activating group) is 1. The van der Waals surface area contributed by atoms with Crippen LogP contribution in [-0.4, -0.2) is 55.0 Å². The summed E-state index contributed by atoms with van der Waals surface area (Å²) in [6.07, 6.45) is -3.01. The van der Waals surface area contributed by atoms with Gasteiger partial charge in [-0.15, -0.1) is 0 Å². The summed E-state index contributed by atoms with van der Waals surface area (Å²) >= 11 is 0. The van der Waals surface area contributed by atoms with Crippen LogP contribution in [-0.2, 0) is 0 Å². The Balaban J connectivity index is 2.33. The van der Waals surface area contributed by atoms with Gasteiger partial charge in [0.2, 0.25) is 0 Å². The van der Waals surface area contributed by atoms with Gasteiger partial charge in [0.05, 0.1) is 5.92 Å². The maximum Gasteiger partial charge on any atom is 0.391 e. The highest BCUT2D eigenvalue weighted by atomic mass is 19.4. The third-order valence-corrected chi connectivity index (χ3v) is 3.50. The van der Waals surface area contributed by atoms with E-state index < -0.39 is 12.1 Å². The first-order chi connectivity index (χ1) is 8.47. The lowest BCUT2D eigenvalue weighted by Crippen LogP contribution is -2.46. The van der Waals surface area contributed by atoms with Crippen LogP contribution in [0.3, 0.4) is 0 Å². The van der Waals surface area contributed by atoms with E-state index in [1.807, 2.05) is 6.92 Å². The van der Waals surface area contributed by atoms with Gasteiger partial charge in [0, 0.05) is 19.2 Å². The molecule has 1 rings (SSSR count). The van der Waals surface area contributed by atoms with Crippen molar-refractivity contribution in [3.05, 3.63) is 0 Å². The first-order valence-corrected chi connectivity index (χ1v) is 6.60.